The van der Waals surface area contributed by atoms with Crippen LogP contribution in [0.4, 0.5) is 11.6 Å². The number of nitrogen functional groups attached to an aromatic ring is 1. The third-order valence-electron chi connectivity index (χ3n) is 2.52. The van der Waals surface area contributed by atoms with Gasteiger partial charge in [0.05, 0.1) is 0 Å². The molecule has 0 spiro atoms. The van der Waals surface area contributed by atoms with E-state index in [9.17, 15) is 4.79 Å². The number of rotatable bonds is 4. The van der Waals surface area contributed by atoms with E-state index in [0.717, 1.165) is 12.1 Å². The minimum atomic E-state index is -0.182. The number of nitrogens with one attached hydrogen (secondary N) is 1. The van der Waals surface area contributed by atoms with Gasteiger partial charge in [-0.3, -0.25) is 14.2 Å². The first-order chi connectivity index (χ1) is 8.58. The zero-order valence-corrected chi connectivity index (χ0v) is 10.4. The van der Waals surface area contributed by atoms with Crippen molar-refractivity contribution < 1.29 is 4.79 Å². The van der Waals surface area contributed by atoms with Crippen LogP contribution in [0.5, 0.6) is 0 Å². The summed E-state index contributed by atoms with van der Waals surface area (Å²) in [5, 5.41) is 10.9. The number of carbonyl (C=O) groups excluding carboxylic acids is 1. The van der Waals surface area contributed by atoms with Gasteiger partial charge in [0, 0.05) is 30.6 Å². The summed E-state index contributed by atoms with van der Waals surface area (Å²) in [6.45, 7) is 4.72. The van der Waals surface area contributed by atoms with E-state index in [1.165, 1.54) is 4.68 Å². The molecule has 0 saturated heterocycles. The predicted octanol–water partition coefficient (Wildman–Crippen LogP) is 0.629. The molecule has 7 heteroatoms. The molecule has 2 aromatic heterocycles. The van der Waals surface area contributed by atoms with Crippen molar-refractivity contribution in [2.24, 2.45) is 0 Å². The molecule has 0 aromatic carbocycles. The minimum Gasteiger partial charge on any atom is -0.382 e. The van der Waals surface area contributed by atoms with E-state index < -0.39 is 0 Å². The number of aromatic nitrogens is 4. The normalized spacial score (nSPS) is 10.6. The Morgan fingerprint density at radius 1 is 1.44 bits per heavy atom. The number of amides is 1. The van der Waals surface area contributed by atoms with E-state index in [4.69, 9.17) is 5.73 Å². The van der Waals surface area contributed by atoms with E-state index in [-0.39, 0.29) is 12.5 Å². The second-order valence-electron chi connectivity index (χ2n) is 4.00. The summed E-state index contributed by atoms with van der Waals surface area (Å²) in [6, 6.07) is 1.75. The second kappa shape index (κ2) is 4.91. The zero-order valence-electron chi connectivity index (χ0n) is 10.4. The lowest BCUT2D eigenvalue weighted by Crippen LogP contribution is -2.19. The Kier molecular flexibility index (Phi) is 3.31. The van der Waals surface area contributed by atoms with Crippen molar-refractivity contribution in [3.05, 3.63) is 24.0 Å². The molecule has 2 rings (SSSR count). The molecule has 3 N–H and O–H groups in total. The number of nitrogens with two attached hydrogens (primary N) is 1. The molecule has 1 amide bonds. The van der Waals surface area contributed by atoms with Crippen molar-refractivity contribution in [3.8, 4) is 0 Å². The molecule has 0 bridgehead atoms. The first-order valence-electron chi connectivity index (χ1n) is 5.71. The van der Waals surface area contributed by atoms with Gasteiger partial charge in [-0.2, -0.15) is 10.2 Å². The highest BCUT2D eigenvalue weighted by molar-refractivity contribution is 5.89. The Labute approximate surface area is 105 Å². The monoisotopic (exact) mass is 248 g/mol. The molecule has 0 saturated carbocycles. The largest absolute Gasteiger partial charge is 0.382 e. The number of carbonyl (C=O) groups is 1. The van der Waals surface area contributed by atoms with E-state index in [0.29, 0.717) is 11.6 Å². The van der Waals surface area contributed by atoms with Gasteiger partial charge < -0.3 is 11.1 Å². The highest BCUT2D eigenvalue weighted by Gasteiger charge is 2.08. The molecule has 0 fully saturated rings. The van der Waals surface area contributed by atoms with Gasteiger partial charge in [0.25, 0.3) is 0 Å². The van der Waals surface area contributed by atoms with Crippen LogP contribution in [0.1, 0.15) is 12.5 Å². The average molecular weight is 248 g/mol. The third-order valence-corrected chi connectivity index (χ3v) is 2.52. The quantitative estimate of drug-likeness (QED) is 0.830. The number of hydrogen-bond donors (Lipinski definition) is 2. The second-order valence-corrected chi connectivity index (χ2v) is 4.00. The van der Waals surface area contributed by atoms with Crippen LogP contribution in [0, 0.1) is 6.92 Å². The molecule has 0 atom stereocenters. The molecule has 7 nitrogen and oxygen atoms in total. The first kappa shape index (κ1) is 12.2. The van der Waals surface area contributed by atoms with Crippen molar-refractivity contribution >= 4 is 17.5 Å². The fourth-order valence-electron chi connectivity index (χ4n) is 1.55. The Balaban J connectivity index is 1.96. The van der Waals surface area contributed by atoms with Crippen molar-refractivity contribution in [3.63, 3.8) is 0 Å². The van der Waals surface area contributed by atoms with Crippen molar-refractivity contribution in [1.29, 1.82) is 0 Å². The summed E-state index contributed by atoms with van der Waals surface area (Å²) in [6.07, 6.45) is 3.55. The van der Waals surface area contributed by atoms with Crippen LogP contribution in [-0.2, 0) is 17.9 Å². The van der Waals surface area contributed by atoms with Crippen LogP contribution < -0.4 is 11.1 Å². The Morgan fingerprint density at radius 2 is 2.22 bits per heavy atom. The summed E-state index contributed by atoms with van der Waals surface area (Å²) in [4.78, 5) is 11.7. The number of hydrogen-bond acceptors (Lipinski definition) is 4. The lowest BCUT2D eigenvalue weighted by atomic mass is 10.4. The number of nitrogens with zero attached hydrogens (tertiary/aromatic N) is 4. The first-order valence-corrected chi connectivity index (χ1v) is 5.71. The smallest absolute Gasteiger partial charge is 0.247 e. The fourth-order valence-corrected chi connectivity index (χ4v) is 1.55. The van der Waals surface area contributed by atoms with Crippen LogP contribution in [-0.4, -0.2) is 25.5 Å². The summed E-state index contributed by atoms with van der Waals surface area (Å²) in [5.41, 5.74) is 6.47. The maximum absolute atomic E-state index is 11.7. The van der Waals surface area contributed by atoms with Crippen LogP contribution in [0.25, 0.3) is 0 Å². The van der Waals surface area contributed by atoms with Gasteiger partial charge in [0.1, 0.15) is 12.4 Å². The van der Waals surface area contributed by atoms with Crippen molar-refractivity contribution in [2.75, 3.05) is 11.1 Å². The molecule has 2 aromatic rings. The number of anilines is 2. The maximum atomic E-state index is 11.7. The van der Waals surface area contributed by atoms with Crippen molar-refractivity contribution in [2.45, 2.75) is 26.9 Å². The molecule has 0 aliphatic heterocycles. The summed E-state index contributed by atoms with van der Waals surface area (Å²) in [5.74, 6) is 0.801. The Hall–Kier alpha value is -2.31. The van der Waals surface area contributed by atoms with Crippen LogP contribution in [0.3, 0.4) is 0 Å². The summed E-state index contributed by atoms with van der Waals surface area (Å²) in [7, 11) is 0. The highest BCUT2D eigenvalue weighted by atomic mass is 16.2. The van der Waals surface area contributed by atoms with Crippen molar-refractivity contribution in [1.82, 2.24) is 19.6 Å². The Bertz CT molecular complexity index is 536. The predicted molar refractivity (Wildman–Crippen MR) is 67.9 cm³/mol. The highest BCUT2D eigenvalue weighted by Crippen LogP contribution is 2.07. The van der Waals surface area contributed by atoms with Gasteiger partial charge in [-0.15, -0.1) is 0 Å². The molecule has 0 aliphatic carbocycles. The molecular weight excluding hydrogens is 232 g/mol. The average Bonchev–Trinajstić information content (AvgIpc) is 2.87. The molecular formula is C11H16N6O. The van der Waals surface area contributed by atoms with Crippen LogP contribution in [0.2, 0.25) is 0 Å². The standard InChI is InChI=1S/C11H16N6O/c1-3-16-5-4-9(14-16)13-10(18)7-17-6-8(2)11(12)15-17/h4-6H,3,7H2,1-2H3,(H2,12,15)(H,13,14,18). The molecule has 0 radical (unpaired) electrons. The van der Waals surface area contributed by atoms with Gasteiger partial charge in [0.15, 0.2) is 5.82 Å². The van der Waals surface area contributed by atoms with Crippen LogP contribution in [0.15, 0.2) is 18.5 Å². The summed E-state index contributed by atoms with van der Waals surface area (Å²) < 4.78 is 3.25. The van der Waals surface area contributed by atoms with E-state index >= 15 is 0 Å². The van der Waals surface area contributed by atoms with Crippen LogP contribution >= 0.6 is 0 Å². The molecule has 96 valence electrons. The third kappa shape index (κ3) is 2.68. The molecule has 0 aliphatic rings. The molecule has 0 unspecified atom stereocenters. The SMILES string of the molecule is CCn1ccc(NC(=O)Cn2cc(C)c(N)n2)n1. The van der Waals surface area contributed by atoms with E-state index in [1.807, 2.05) is 20.0 Å². The van der Waals surface area contributed by atoms with Gasteiger partial charge in [-0.05, 0) is 13.8 Å². The summed E-state index contributed by atoms with van der Waals surface area (Å²) >= 11 is 0. The fraction of sp³-hybridized carbons (Fsp3) is 0.364. The van der Waals surface area contributed by atoms with Gasteiger partial charge >= 0.3 is 0 Å². The van der Waals surface area contributed by atoms with E-state index in [1.54, 1.807) is 16.9 Å². The lowest BCUT2D eigenvalue weighted by molar-refractivity contribution is -0.116. The minimum absolute atomic E-state index is 0.122. The topological polar surface area (TPSA) is 90.8 Å². The zero-order chi connectivity index (χ0) is 13.1. The van der Waals surface area contributed by atoms with E-state index in [2.05, 4.69) is 15.5 Å². The van der Waals surface area contributed by atoms with Gasteiger partial charge in [-0.25, -0.2) is 0 Å². The lowest BCUT2D eigenvalue weighted by Gasteiger charge is -2.02. The molecule has 2 heterocycles. The number of aryl methyl sites for hydroxylation is 2. The van der Waals surface area contributed by atoms with Gasteiger partial charge in [-0.1, -0.05) is 0 Å². The molecule has 18 heavy (non-hydrogen) atoms. The van der Waals surface area contributed by atoms with Gasteiger partial charge in [0.2, 0.25) is 5.91 Å². The maximum Gasteiger partial charge on any atom is 0.247 e. The Morgan fingerprint density at radius 3 is 2.78 bits per heavy atom.